The largest absolute Gasteiger partial charge is 0.497 e. The van der Waals surface area contributed by atoms with Crippen LogP contribution in [0.3, 0.4) is 0 Å². The molecule has 0 bridgehead atoms. The molecule has 0 N–H and O–H groups in total. The zero-order valence-electron chi connectivity index (χ0n) is 19.6. The molecule has 7 nitrogen and oxygen atoms in total. The number of para-hydroxylation sites is 1. The van der Waals surface area contributed by atoms with Crippen LogP contribution in [0.15, 0.2) is 77.3 Å². The number of aryl methyl sites for hydroxylation is 1. The van der Waals surface area contributed by atoms with Crippen LogP contribution in [0.1, 0.15) is 39.4 Å². The van der Waals surface area contributed by atoms with E-state index in [0.29, 0.717) is 33.9 Å². The molecule has 0 spiro atoms. The van der Waals surface area contributed by atoms with Crippen LogP contribution in [-0.4, -0.2) is 23.4 Å². The monoisotopic (exact) mass is 479 g/mol. The summed E-state index contributed by atoms with van der Waals surface area (Å²) in [6, 6.07) is 19.8. The zero-order chi connectivity index (χ0) is 25.0. The average Bonchev–Trinajstić information content (AvgIpc) is 3.21. The van der Waals surface area contributed by atoms with E-state index in [-0.39, 0.29) is 23.5 Å². The molecule has 0 aliphatic carbocycles. The lowest BCUT2D eigenvalue weighted by molar-refractivity contribution is -0.135. The molecule has 0 saturated heterocycles. The highest BCUT2D eigenvalue weighted by atomic mass is 16.5. The number of ketones is 1. The minimum absolute atomic E-state index is 0.0356. The van der Waals surface area contributed by atoms with Crippen molar-refractivity contribution >= 4 is 28.7 Å². The first-order chi connectivity index (χ1) is 17.4. The highest BCUT2D eigenvalue weighted by molar-refractivity contribution is 6.15. The summed E-state index contributed by atoms with van der Waals surface area (Å²) in [5.41, 5.74) is 2.70. The number of benzene rings is 3. The molecule has 7 heteroatoms. The van der Waals surface area contributed by atoms with Crippen LogP contribution in [0.5, 0.6) is 17.2 Å². The predicted molar refractivity (Wildman–Crippen MR) is 134 cm³/mol. The fourth-order valence-corrected chi connectivity index (χ4v) is 4.92. The summed E-state index contributed by atoms with van der Waals surface area (Å²) in [5, 5.41) is 0.875. The average molecular weight is 479 g/mol. The number of carbonyl (C=O) groups is 2. The number of aromatic nitrogens is 1. The fraction of sp³-hybridized carbons (Fsp3) is 0.138. The first kappa shape index (κ1) is 21.9. The number of rotatable bonds is 3. The molecule has 1 atom stereocenters. The fourth-order valence-electron chi connectivity index (χ4n) is 4.92. The third kappa shape index (κ3) is 3.40. The van der Waals surface area contributed by atoms with Gasteiger partial charge >= 0.3 is 5.97 Å². The molecule has 3 heterocycles. The second-order valence-corrected chi connectivity index (χ2v) is 8.82. The van der Waals surface area contributed by atoms with E-state index in [4.69, 9.17) is 14.2 Å². The summed E-state index contributed by atoms with van der Waals surface area (Å²) in [7, 11) is 3.30. The van der Waals surface area contributed by atoms with E-state index >= 15 is 0 Å². The first-order valence-corrected chi connectivity index (χ1v) is 11.5. The number of nitrogens with zero attached hydrogens (tertiary/aromatic N) is 1. The predicted octanol–water partition coefficient (Wildman–Crippen LogP) is 4.60. The Hall–Kier alpha value is -4.65. The Morgan fingerprint density at radius 2 is 1.75 bits per heavy atom. The quantitative estimate of drug-likeness (QED) is 0.243. The van der Waals surface area contributed by atoms with Crippen LogP contribution in [-0.2, 0) is 11.8 Å². The molecule has 0 unspecified atom stereocenters. The van der Waals surface area contributed by atoms with Crippen LogP contribution in [0.4, 0.5) is 0 Å². The van der Waals surface area contributed by atoms with Gasteiger partial charge < -0.3 is 18.8 Å². The second-order valence-electron chi connectivity index (χ2n) is 8.82. The maximum absolute atomic E-state index is 13.4. The molecule has 2 aliphatic heterocycles. The number of methoxy groups -OCH3 is 1. The Balaban J connectivity index is 1.49. The number of allylic oxidation sites excluding steroid dienone is 1. The summed E-state index contributed by atoms with van der Waals surface area (Å²) in [6.07, 6.45) is 1.62. The first-order valence-electron chi connectivity index (χ1n) is 11.5. The molecule has 4 aromatic rings. The number of hydrogen-bond donors (Lipinski definition) is 0. The normalized spacial score (nSPS) is 17.5. The number of esters is 1. The van der Waals surface area contributed by atoms with Crippen molar-refractivity contribution in [1.29, 1.82) is 0 Å². The molecule has 0 amide bonds. The van der Waals surface area contributed by atoms with Gasteiger partial charge in [0.2, 0.25) is 5.78 Å². The third-order valence-electron chi connectivity index (χ3n) is 6.73. The summed E-state index contributed by atoms with van der Waals surface area (Å²) in [4.78, 5) is 39.2. The van der Waals surface area contributed by atoms with Crippen molar-refractivity contribution in [2.45, 2.75) is 12.3 Å². The van der Waals surface area contributed by atoms with E-state index < -0.39 is 11.9 Å². The second kappa shape index (κ2) is 8.23. The summed E-state index contributed by atoms with van der Waals surface area (Å²) < 4.78 is 18.4. The molecular formula is C29H21NO6. The van der Waals surface area contributed by atoms with E-state index in [1.807, 2.05) is 42.5 Å². The third-order valence-corrected chi connectivity index (χ3v) is 6.73. The van der Waals surface area contributed by atoms with Gasteiger partial charge in [0, 0.05) is 24.1 Å². The van der Waals surface area contributed by atoms with Crippen molar-refractivity contribution in [1.82, 2.24) is 4.57 Å². The lowest BCUT2D eigenvalue weighted by Gasteiger charge is -2.26. The van der Waals surface area contributed by atoms with Gasteiger partial charge in [-0.2, -0.15) is 0 Å². The molecule has 2 aliphatic rings. The van der Waals surface area contributed by atoms with Gasteiger partial charge in [-0.3, -0.25) is 14.4 Å². The van der Waals surface area contributed by atoms with Gasteiger partial charge in [-0.1, -0.05) is 30.3 Å². The number of ether oxygens (including phenoxy) is 3. The Morgan fingerprint density at radius 1 is 0.972 bits per heavy atom. The van der Waals surface area contributed by atoms with Gasteiger partial charge in [0.05, 0.1) is 24.6 Å². The van der Waals surface area contributed by atoms with Crippen LogP contribution in [0.2, 0.25) is 0 Å². The molecule has 1 aromatic heterocycles. The number of Topliss-reactive ketones (excluding diaryl/α,β-unsaturated/α-hetero) is 1. The molecule has 36 heavy (non-hydrogen) atoms. The number of fused-ring (bicyclic) bond motifs is 4. The molecule has 3 aromatic carbocycles. The molecular weight excluding hydrogens is 458 g/mol. The Bertz CT molecular complexity index is 1660. The lowest BCUT2D eigenvalue weighted by Crippen LogP contribution is -2.29. The Morgan fingerprint density at radius 3 is 2.53 bits per heavy atom. The minimum atomic E-state index is -0.618. The van der Waals surface area contributed by atoms with Crippen LogP contribution >= 0.6 is 0 Å². The smallest absolute Gasteiger partial charge is 0.312 e. The van der Waals surface area contributed by atoms with Crippen molar-refractivity contribution in [3.63, 3.8) is 0 Å². The highest BCUT2D eigenvalue weighted by Gasteiger charge is 2.39. The summed E-state index contributed by atoms with van der Waals surface area (Å²) in [6.45, 7) is 0. The zero-order valence-corrected chi connectivity index (χ0v) is 19.6. The van der Waals surface area contributed by atoms with Crippen LogP contribution in [0.25, 0.3) is 17.0 Å². The minimum Gasteiger partial charge on any atom is -0.497 e. The molecule has 6 rings (SSSR count). The standard InChI is InChI=1S/C29H21NO6/c1-30-22-6-4-3-5-17(22)14-21(29(30)33)20-15-25(31)35-23-12-11-19-27(32)24(36-28(19)26(20)23)13-16-7-9-18(34-2)10-8-16/h3-14,20H,15H2,1-2H3/b24-13+/t20-/m1/s1. The van der Waals surface area contributed by atoms with Gasteiger partial charge in [-0.25, -0.2) is 0 Å². The van der Waals surface area contributed by atoms with Crippen LogP contribution in [0, 0.1) is 0 Å². The maximum Gasteiger partial charge on any atom is 0.312 e. The van der Waals surface area contributed by atoms with E-state index in [0.717, 1.165) is 16.5 Å². The van der Waals surface area contributed by atoms with E-state index in [1.54, 1.807) is 49.1 Å². The van der Waals surface area contributed by atoms with Crippen molar-refractivity contribution in [3.05, 3.63) is 105 Å². The summed E-state index contributed by atoms with van der Waals surface area (Å²) in [5.74, 6) is 0.147. The van der Waals surface area contributed by atoms with E-state index in [2.05, 4.69) is 0 Å². The number of hydrogen-bond acceptors (Lipinski definition) is 6. The van der Waals surface area contributed by atoms with Crippen molar-refractivity contribution in [3.8, 4) is 17.2 Å². The van der Waals surface area contributed by atoms with Crippen LogP contribution < -0.4 is 19.8 Å². The van der Waals surface area contributed by atoms with Crippen molar-refractivity contribution < 1.29 is 23.8 Å². The van der Waals surface area contributed by atoms with Gasteiger partial charge in [-0.15, -0.1) is 0 Å². The van der Waals surface area contributed by atoms with E-state index in [9.17, 15) is 14.4 Å². The maximum atomic E-state index is 13.4. The van der Waals surface area contributed by atoms with Gasteiger partial charge in [0.25, 0.3) is 5.56 Å². The topological polar surface area (TPSA) is 83.8 Å². The number of pyridine rings is 1. The molecule has 0 fully saturated rings. The van der Waals surface area contributed by atoms with E-state index in [1.165, 1.54) is 0 Å². The van der Waals surface area contributed by atoms with Gasteiger partial charge in [-0.05, 0) is 53.4 Å². The van der Waals surface area contributed by atoms with Gasteiger partial charge in [0.15, 0.2) is 5.76 Å². The van der Waals surface area contributed by atoms with Crippen molar-refractivity contribution in [2.75, 3.05) is 7.11 Å². The summed E-state index contributed by atoms with van der Waals surface area (Å²) >= 11 is 0. The Labute approximate surface area is 206 Å². The van der Waals surface area contributed by atoms with Gasteiger partial charge in [0.1, 0.15) is 17.2 Å². The molecule has 178 valence electrons. The molecule has 0 saturated carbocycles. The van der Waals surface area contributed by atoms with Crippen molar-refractivity contribution in [2.24, 2.45) is 7.05 Å². The highest BCUT2D eigenvalue weighted by Crippen LogP contribution is 2.48. The molecule has 0 radical (unpaired) electrons. The Kier molecular flexibility index (Phi) is 5.00. The lowest BCUT2D eigenvalue weighted by atomic mass is 9.84. The number of carbonyl (C=O) groups excluding carboxylic acids is 2. The SMILES string of the molecule is COc1ccc(/C=C2/Oc3c(ccc4c3[C@@H](c3cc5ccccc5n(C)c3=O)CC(=O)O4)C2=O)cc1.